The number of nitrogens with two attached hydrogens (primary N) is 1. The molecular formula is C11H19N5O2. The molecule has 0 bridgehead atoms. The van der Waals surface area contributed by atoms with E-state index in [-0.39, 0.29) is 12.5 Å². The number of nitrogen functional groups attached to an aromatic ring is 1. The van der Waals surface area contributed by atoms with Gasteiger partial charge < -0.3 is 20.7 Å². The van der Waals surface area contributed by atoms with E-state index in [9.17, 15) is 4.79 Å². The largest absolute Gasteiger partial charge is 0.479 e. The lowest BCUT2D eigenvalue weighted by Gasteiger charge is -2.19. The lowest BCUT2D eigenvalue weighted by atomic mass is 10.4. The zero-order valence-corrected chi connectivity index (χ0v) is 10.9. The van der Waals surface area contributed by atoms with Crippen LogP contribution in [0.25, 0.3) is 0 Å². The average Bonchev–Trinajstić information content (AvgIpc) is 2.39. The summed E-state index contributed by atoms with van der Waals surface area (Å²) in [7, 11) is 1.48. The quantitative estimate of drug-likeness (QED) is 0.759. The van der Waals surface area contributed by atoms with Crippen LogP contribution in [0, 0.1) is 0 Å². The zero-order chi connectivity index (χ0) is 13.5. The first-order valence-corrected chi connectivity index (χ1v) is 5.80. The third-order valence-corrected chi connectivity index (χ3v) is 2.56. The fourth-order valence-electron chi connectivity index (χ4n) is 1.53. The molecule has 100 valence electrons. The zero-order valence-electron chi connectivity index (χ0n) is 10.9. The molecule has 0 fully saturated rings. The summed E-state index contributed by atoms with van der Waals surface area (Å²) >= 11 is 0. The maximum Gasteiger partial charge on any atom is 0.242 e. The average molecular weight is 253 g/mol. The maximum absolute atomic E-state index is 11.8. The number of rotatable bonds is 6. The number of anilines is 2. The Kier molecular flexibility index (Phi) is 5.16. The molecule has 18 heavy (non-hydrogen) atoms. The van der Waals surface area contributed by atoms with Crippen molar-refractivity contribution in [3.63, 3.8) is 0 Å². The maximum atomic E-state index is 11.8. The van der Waals surface area contributed by atoms with Gasteiger partial charge in [-0.15, -0.1) is 0 Å². The summed E-state index contributed by atoms with van der Waals surface area (Å²) < 4.78 is 4.97. The molecule has 7 nitrogen and oxygen atoms in total. The highest BCUT2D eigenvalue weighted by atomic mass is 16.5. The molecule has 0 aliphatic carbocycles. The highest BCUT2D eigenvalue weighted by Crippen LogP contribution is 2.23. The molecule has 0 spiro atoms. The Balaban J connectivity index is 2.66. The van der Waals surface area contributed by atoms with E-state index in [1.54, 1.807) is 4.90 Å². The number of amides is 1. The topological polar surface area (TPSA) is 93.4 Å². The van der Waals surface area contributed by atoms with Crippen LogP contribution in [0.3, 0.4) is 0 Å². The van der Waals surface area contributed by atoms with Crippen LogP contribution in [0.4, 0.5) is 11.5 Å². The minimum atomic E-state index is -0.00280. The van der Waals surface area contributed by atoms with E-state index in [4.69, 9.17) is 10.5 Å². The van der Waals surface area contributed by atoms with Crippen LogP contribution in [-0.4, -0.2) is 47.5 Å². The summed E-state index contributed by atoms with van der Waals surface area (Å²) in [6.45, 7) is 5.37. The van der Waals surface area contributed by atoms with Crippen LogP contribution < -0.4 is 15.8 Å². The van der Waals surface area contributed by atoms with Gasteiger partial charge in [-0.25, -0.2) is 4.98 Å². The first kappa shape index (κ1) is 14.0. The van der Waals surface area contributed by atoms with Gasteiger partial charge in [-0.2, -0.15) is 4.98 Å². The molecule has 1 rings (SSSR count). The fourth-order valence-corrected chi connectivity index (χ4v) is 1.53. The van der Waals surface area contributed by atoms with Crippen molar-refractivity contribution in [1.29, 1.82) is 0 Å². The van der Waals surface area contributed by atoms with E-state index in [1.165, 1.54) is 13.4 Å². The highest BCUT2D eigenvalue weighted by Gasteiger charge is 2.12. The van der Waals surface area contributed by atoms with E-state index in [0.29, 0.717) is 30.5 Å². The molecule has 0 atom stereocenters. The Morgan fingerprint density at radius 1 is 1.44 bits per heavy atom. The van der Waals surface area contributed by atoms with E-state index in [0.717, 1.165) is 0 Å². The van der Waals surface area contributed by atoms with E-state index >= 15 is 0 Å². The van der Waals surface area contributed by atoms with Gasteiger partial charge in [-0.05, 0) is 13.8 Å². The van der Waals surface area contributed by atoms with Crippen molar-refractivity contribution >= 4 is 17.4 Å². The third-order valence-electron chi connectivity index (χ3n) is 2.56. The Labute approximate surface area is 106 Å². The molecule has 0 saturated heterocycles. The minimum absolute atomic E-state index is 0.00280. The van der Waals surface area contributed by atoms with Gasteiger partial charge in [0.05, 0.1) is 13.7 Å². The Bertz CT molecular complexity index is 406. The number of nitrogens with one attached hydrogen (secondary N) is 1. The van der Waals surface area contributed by atoms with E-state index in [2.05, 4.69) is 15.3 Å². The molecule has 1 aromatic heterocycles. The van der Waals surface area contributed by atoms with Crippen LogP contribution >= 0.6 is 0 Å². The number of hydrogen-bond acceptors (Lipinski definition) is 6. The van der Waals surface area contributed by atoms with Crippen molar-refractivity contribution < 1.29 is 9.53 Å². The molecule has 3 N–H and O–H groups in total. The van der Waals surface area contributed by atoms with Gasteiger partial charge in [-0.1, -0.05) is 0 Å². The van der Waals surface area contributed by atoms with Gasteiger partial charge in [0.1, 0.15) is 12.0 Å². The summed E-state index contributed by atoms with van der Waals surface area (Å²) in [5.74, 6) is 0.696. The molecule has 1 aromatic rings. The second-order valence-electron chi connectivity index (χ2n) is 3.56. The van der Waals surface area contributed by atoms with Crippen molar-refractivity contribution in [3.8, 4) is 5.88 Å². The van der Waals surface area contributed by atoms with Gasteiger partial charge in [0, 0.05) is 13.1 Å². The number of ether oxygens (including phenoxy) is 1. The Morgan fingerprint density at radius 3 is 2.67 bits per heavy atom. The van der Waals surface area contributed by atoms with Crippen LogP contribution in [0.15, 0.2) is 6.33 Å². The molecule has 0 saturated carbocycles. The van der Waals surface area contributed by atoms with Gasteiger partial charge in [0.25, 0.3) is 0 Å². The van der Waals surface area contributed by atoms with Crippen molar-refractivity contribution in [2.24, 2.45) is 0 Å². The minimum Gasteiger partial charge on any atom is -0.479 e. The molecule has 7 heteroatoms. The lowest BCUT2D eigenvalue weighted by Crippen LogP contribution is -2.35. The van der Waals surface area contributed by atoms with E-state index in [1.807, 2.05) is 13.8 Å². The highest BCUT2D eigenvalue weighted by molar-refractivity contribution is 5.82. The predicted octanol–water partition coefficient (Wildman–Crippen LogP) is 0.348. The molecule has 0 aliphatic heterocycles. The predicted molar refractivity (Wildman–Crippen MR) is 69.4 cm³/mol. The second kappa shape index (κ2) is 6.63. The normalized spacial score (nSPS) is 9.94. The summed E-state index contributed by atoms with van der Waals surface area (Å²) in [5.41, 5.74) is 6.08. The van der Waals surface area contributed by atoms with E-state index < -0.39 is 0 Å². The number of carbonyl (C=O) groups excluding carboxylic acids is 1. The first-order valence-electron chi connectivity index (χ1n) is 5.80. The van der Waals surface area contributed by atoms with Gasteiger partial charge in [0.15, 0.2) is 5.82 Å². The number of hydrogen-bond donors (Lipinski definition) is 2. The molecule has 1 heterocycles. The monoisotopic (exact) mass is 253 g/mol. The second-order valence-corrected chi connectivity index (χ2v) is 3.56. The molecule has 0 aliphatic rings. The summed E-state index contributed by atoms with van der Waals surface area (Å²) in [4.78, 5) is 21.3. The fraction of sp³-hybridized carbons (Fsp3) is 0.545. The van der Waals surface area contributed by atoms with Crippen molar-refractivity contribution in [1.82, 2.24) is 14.9 Å². The number of methoxy groups -OCH3 is 1. The van der Waals surface area contributed by atoms with Crippen molar-refractivity contribution in [2.45, 2.75) is 13.8 Å². The molecule has 1 amide bonds. The molecule has 0 unspecified atom stereocenters. The number of aromatic nitrogens is 2. The number of nitrogens with zero attached hydrogens (tertiary/aromatic N) is 3. The number of carbonyl (C=O) groups is 1. The van der Waals surface area contributed by atoms with Crippen LogP contribution in [-0.2, 0) is 4.79 Å². The molecule has 0 radical (unpaired) electrons. The van der Waals surface area contributed by atoms with Crippen LogP contribution in [0.1, 0.15) is 13.8 Å². The van der Waals surface area contributed by atoms with Gasteiger partial charge >= 0.3 is 0 Å². The number of likely N-dealkylation sites (N-methyl/N-ethyl adjacent to an activating group) is 1. The van der Waals surface area contributed by atoms with Crippen LogP contribution in [0.2, 0.25) is 0 Å². The van der Waals surface area contributed by atoms with Crippen molar-refractivity contribution in [3.05, 3.63) is 6.33 Å². The summed E-state index contributed by atoms with van der Waals surface area (Å²) in [5, 5.41) is 2.89. The van der Waals surface area contributed by atoms with Gasteiger partial charge in [0.2, 0.25) is 11.8 Å². The summed E-state index contributed by atoms with van der Waals surface area (Å²) in [6, 6.07) is 0. The standard InChI is InChI=1S/C11H19N5O2/c1-4-16(5-2)8(17)6-13-10-9(12)11(18-3)15-7-14-10/h7H,4-6,12H2,1-3H3,(H,13,14,15). The smallest absolute Gasteiger partial charge is 0.242 e. The van der Waals surface area contributed by atoms with Crippen LogP contribution in [0.5, 0.6) is 5.88 Å². The Hall–Kier alpha value is -2.05. The summed E-state index contributed by atoms with van der Waals surface area (Å²) in [6.07, 6.45) is 1.33. The molecular weight excluding hydrogens is 234 g/mol. The molecule has 0 aromatic carbocycles. The SMILES string of the molecule is CCN(CC)C(=O)CNc1ncnc(OC)c1N. The van der Waals surface area contributed by atoms with Gasteiger partial charge in [-0.3, -0.25) is 4.79 Å². The Morgan fingerprint density at radius 2 is 2.11 bits per heavy atom. The van der Waals surface area contributed by atoms with Crippen molar-refractivity contribution in [2.75, 3.05) is 37.8 Å². The first-order chi connectivity index (χ1) is 8.63. The lowest BCUT2D eigenvalue weighted by molar-refractivity contribution is -0.128. The third kappa shape index (κ3) is 3.22.